The highest BCUT2D eigenvalue weighted by Crippen LogP contribution is 2.31. The van der Waals surface area contributed by atoms with Crippen molar-refractivity contribution >= 4 is 5.91 Å². The van der Waals surface area contributed by atoms with Gasteiger partial charge in [0.05, 0.1) is 6.04 Å². The Kier molecular flexibility index (Phi) is 19.9. The smallest absolute Gasteiger partial charge is 0.248 e. The van der Waals surface area contributed by atoms with Crippen LogP contribution < -0.4 is 10.6 Å². The Hall–Kier alpha value is -1.87. The number of nitrogens with one attached hydrogen (secondary N) is 2. The van der Waals surface area contributed by atoms with Gasteiger partial charge in [-0.05, 0) is 88.3 Å². The van der Waals surface area contributed by atoms with Crippen molar-refractivity contribution < 1.29 is 4.79 Å². The maximum absolute atomic E-state index is 13.8. The number of hydrogen-bond acceptors (Lipinski definition) is 2. The van der Waals surface area contributed by atoms with E-state index in [2.05, 4.69) is 105 Å². The first kappa shape index (κ1) is 37.1. The number of carbonyl (C=O) groups is 1. The Morgan fingerprint density at radius 2 is 1.56 bits per heavy atom. The van der Waals surface area contributed by atoms with Gasteiger partial charge in [0.15, 0.2) is 0 Å². The molecule has 0 aliphatic carbocycles. The van der Waals surface area contributed by atoms with Gasteiger partial charge in [-0.25, -0.2) is 0 Å². The van der Waals surface area contributed by atoms with Crippen LogP contribution in [0.15, 0.2) is 58.2 Å². The van der Waals surface area contributed by atoms with Crippen LogP contribution in [0.1, 0.15) is 128 Å². The van der Waals surface area contributed by atoms with Crippen molar-refractivity contribution in [3.8, 4) is 0 Å². The van der Waals surface area contributed by atoms with E-state index in [4.69, 9.17) is 0 Å². The van der Waals surface area contributed by atoms with E-state index in [0.29, 0.717) is 18.4 Å². The van der Waals surface area contributed by atoms with Crippen molar-refractivity contribution in [2.75, 3.05) is 13.1 Å². The van der Waals surface area contributed by atoms with Gasteiger partial charge in [0.25, 0.3) is 0 Å². The number of hydrogen-bond donors (Lipinski definition) is 2. The third-order valence-corrected chi connectivity index (χ3v) is 7.82. The lowest BCUT2D eigenvalue weighted by Gasteiger charge is -2.25. The molecule has 2 N–H and O–H groups in total. The van der Waals surface area contributed by atoms with Crippen LogP contribution in [0.3, 0.4) is 0 Å². The van der Waals surface area contributed by atoms with Crippen molar-refractivity contribution in [3.05, 3.63) is 58.2 Å². The van der Waals surface area contributed by atoms with Crippen LogP contribution in [0.25, 0.3) is 0 Å². The highest BCUT2D eigenvalue weighted by Gasteiger charge is 2.23. The van der Waals surface area contributed by atoms with Gasteiger partial charge in [-0.15, -0.1) is 0 Å². The fourth-order valence-corrected chi connectivity index (χ4v) is 4.95. The second-order valence-electron chi connectivity index (χ2n) is 12.1. The summed E-state index contributed by atoms with van der Waals surface area (Å²) in [5.41, 5.74) is 7.33. The minimum Gasteiger partial charge on any atom is -0.345 e. The molecule has 1 amide bonds. The predicted molar refractivity (Wildman–Crippen MR) is 175 cm³/mol. The molecule has 0 spiro atoms. The Labute approximate surface area is 243 Å². The van der Waals surface area contributed by atoms with E-state index in [1.54, 1.807) is 0 Å². The molecule has 0 aliphatic heterocycles. The van der Waals surface area contributed by atoms with Crippen molar-refractivity contribution in [1.29, 1.82) is 0 Å². The molecule has 3 heteroatoms. The molecule has 3 atom stereocenters. The minimum absolute atomic E-state index is 0.0438. The maximum atomic E-state index is 13.8. The van der Waals surface area contributed by atoms with Crippen molar-refractivity contribution in [2.45, 2.75) is 134 Å². The first-order valence-corrected chi connectivity index (χ1v) is 15.8. The number of amides is 1. The normalized spacial score (nSPS) is 16.2. The van der Waals surface area contributed by atoms with Gasteiger partial charge in [-0.1, -0.05) is 116 Å². The Balaban J connectivity index is 6.22. The zero-order valence-corrected chi connectivity index (χ0v) is 27.7. The molecule has 0 saturated carbocycles. The summed E-state index contributed by atoms with van der Waals surface area (Å²) in [6.07, 6.45) is 15.7. The quantitative estimate of drug-likeness (QED) is 0.0916. The van der Waals surface area contributed by atoms with Crippen LogP contribution in [0, 0.1) is 17.8 Å². The molecule has 3 unspecified atom stereocenters. The predicted octanol–water partition coefficient (Wildman–Crippen LogP) is 9.88. The molecule has 0 aromatic carbocycles. The first-order chi connectivity index (χ1) is 18.4. The Morgan fingerprint density at radius 3 is 2.08 bits per heavy atom. The van der Waals surface area contributed by atoms with Crippen LogP contribution in [0.4, 0.5) is 0 Å². The van der Waals surface area contributed by atoms with E-state index in [9.17, 15) is 4.79 Å². The highest BCUT2D eigenvalue weighted by molar-refractivity contribution is 5.95. The van der Waals surface area contributed by atoms with Crippen LogP contribution in [-0.2, 0) is 4.79 Å². The SMILES string of the molecule is C=C(C)C(CNCC(C)CC)NC(=O)/C(=C(C)/C(CCC)=C(\C)C/C(=C/C(C)CC)CC/C=C\CC)C(C)C. The highest BCUT2D eigenvalue weighted by atomic mass is 16.1. The lowest BCUT2D eigenvalue weighted by molar-refractivity contribution is -0.118. The summed E-state index contributed by atoms with van der Waals surface area (Å²) in [6.45, 7) is 30.0. The molecule has 224 valence electrons. The van der Waals surface area contributed by atoms with Gasteiger partial charge in [0.2, 0.25) is 5.91 Å². The van der Waals surface area contributed by atoms with E-state index >= 15 is 0 Å². The molecule has 0 aliphatic rings. The fourth-order valence-electron chi connectivity index (χ4n) is 4.95. The average Bonchev–Trinajstić information content (AvgIpc) is 2.88. The van der Waals surface area contributed by atoms with Gasteiger partial charge in [0.1, 0.15) is 0 Å². The summed E-state index contributed by atoms with van der Waals surface area (Å²) in [5.74, 6) is 1.38. The molecule has 0 heterocycles. The lowest BCUT2D eigenvalue weighted by Crippen LogP contribution is -2.44. The van der Waals surface area contributed by atoms with Crippen LogP contribution in [-0.4, -0.2) is 25.0 Å². The third-order valence-electron chi connectivity index (χ3n) is 7.82. The van der Waals surface area contributed by atoms with E-state index in [0.717, 1.165) is 74.6 Å². The summed E-state index contributed by atoms with van der Waals surface area (Å²) in [5, 5.41) is 6.86. The molecule has 0 rings (SSSR count). The molecular formula is C36H64N2O. The summed E-state index contributed by atoms with van der Waals surface area (Å²) in [4.78, 5) is 13.8. The lowest BCUT2D eigenvalue weighted by atomic mass is 9.86. The summed E-state index contributed by atoms with van der Waals surface area (Å²) >= 11 is 0. The van der Waals surface area contributed by atoms with Crippen LogP contribution >= 0.6 is 0 Å². The average molecular weight is 541 g/mol. The van der Waals surface area contributed by atoms with Gasteiger partial charge < -0.3 is 10.6 Å². The maximum Gasteiger partial charge on any atom is 0.248 e. The molecule has 0 fully saturated rings. The van der Waals surface area contributed by atoms with Crippen LogP contribution in [0.2, 0.25) is 0 Å². The summed E-state index contributed by atoms with van der Waals surface area (Å²) in [7, 11) is 0. The standard InChI is InChI=1S/C36H64N2O/c1-13-17-18-19-21-32(22-28(9)15-3)23-30(11)33(20-14-2)31(12)35(27(7)8)36(39)38-34(26(5)6)25-37-24-29(10)16-4/h17-18,22,27-29,34,37H,5,13-16,19-21,23-25H2,1-4,6-12H3,(H,38,39)/b18-17-,32-22+,33-30+,35-31+. The zero-order valence-electron chi connectivity index (χ0n) is 27.7. The van der Waals surface area contributed by atoms with Crippen molar-refractivity contribution in [3.63, 3.8) is 0 Å². The van der Waals surface area contributed by atoms with E-state index < -0.39 is 0 Å². The monoisotopic (exact) mass is 541 g/mol. The molecule has 3 nitrogen and oxygen atoms in total. The molecular weight excluding hydrogens is 476 g/mol. The molecule has 39 heavy (non-hydrogen) atoms. The Bertz CT molecular complexity index is 855. The first-order valence-electron chi connectivity index (χ1n) is 15.8. The van der Waals surface area contributed by atoms with E-state index in [1.807, 2.05) is 6.92 Å². The van der Waals surface area contributed by atoms with Crippen molar-refractivity contribution in [2.24, 2.45) is 17.8 Å². The second-order valence-corrected chi connectivity index (χ2v) is 12.1. The largest absolute Gasteiger partial charge is 0.345 e. The fraction of sp³-hybridized carbons (Fsp3) is 0.694. The zero-order chi connectivity index (χ0) is 30.0. The van der Waals surface area contributed by atoms with Crippen LogP contribution in [0.5, 0.6) is 0 Å². The Morgan fingerprint density at radius 1 is 0.897 bits per heavy atom. The van der Waals surface area contributed by atoms with Gasteiger partial charge in [-0.2, -0.15) is 0 Å². The third kappa shape index (κ3) is 14.9. The topological polar surface area (TPSA) is 41.1 Å². The van der Waals surface area contributed by atoms with E-state index in [-0.39, 0.29) is 17.9 Å². The molecule has 0 aromatic heterocycles. The summed E-state index contributed by atoms with van der Waals surface area (Å²) < 4.78 is 0. The second kappa shape index (κ2) is 21.0. The number of rotatable bonds is 20. The van der Waals surface area contributed by atoms with E-state index in [1.165, 1.54) is 16.7 Å². The number of carbonyl (C=O) groups excluding carboxylic acids is 1. The molecule has 0 aromatic rings. The van der Waals surface area contributed by atoms with Gasteiger partial charge in [0, 0.05) is 12.1 Å². The molecule has 0 bridgehead atoms. The number of allylic oxidation sites excluding steroid dienone is 7. The van der Waals surface area contributed by atoms with Crippen molar-refractivity contribution in [1.82, 2.24) is 10.6 Å². The molecule has 0 saturated heterocycles. The van der Waals surface area contributed by atoms with Gasteiger partial charge in [-0.3, -0.25) is 4.79 Å². The summed E-state index contributed by atoms with van der Waals surface area (Å²) in [6, 6.07) is -0.0796. The molecule has 0 radical (unpaired) electrons. The minimum atomic E-state index is -0.0796. The van der Waals surface area contributed by atoms with Gasteiger partial charge >= 0.3 is 0 Å².